The van der Waals surface area contributed by atoms with E-state index in [0.29, 0.717) is 5.56 Å². The van der Waals surface area contributed by atoms with Crippen molar-refractivity contribution < 1.29 is 12.8 Å². The topological polar surface area (TPSA) is 37.4 Å². The lowest BCUT2D eigenvalue weighted by Crippen LogP contribution is -2.31. The number of benzene rings is 1. The second-order valence-electron chi connectivity index (χ2n) is 3.55. The summed E-state index contributed by atoms with van der Waals surface area (Å²) in [4.78, 5) is -0.0328. The fourth-order valence-electron chi connectivity index (χ4n) is 1.46. The summed E-state index contributed by atoms with van der Waals surface area (Å²) in [7, 11) is -3.72. The molecule has 1 aromatic carbocycles. The van der Waals surface area contributed by atoms with Gasteiger partial charge in [-0.3, -0.25) is 0 Å². The predicted octanol–water partition coefficient (Wildman–Crippen LogP) is 1.78. The number of rotatable bonds is 4. The van der Waals surface area contributed by atoms with Gasteiger partial charge in [0.2, 0.25) is 10.0 Å². The Labute approximate surface area is 101 Å². The third kappa shape index (κ3) is 2.84. The van der Waals surface area contributed by atoms with E-state index in [2.05, 4.69) is 5.92 Å². The zero-order valence-corrected chi connectivity index (χ0v) is 10.6. The largest absolute Gasteiger partial charge is 0.244 e. The maximum atomic E-state index is 13.1. The number of sulfonamides is 1. The molecule has 0 saturated carbocycles. The summed E-state index contributed by atoms with van der Waals surface area (Å²) in [6.45, 7) is 3.54. The fraction of sp³-hybridized carbons (Fsp3) is 0.333. The first kappa shape index (κ1) is 13.7. The van der Waals surface area contributed by atoms with Gasteiger partial charge in [0.05, 0.1) is 11.4 Å². The average Bonchev–Trinajstić information content (AvgIpc) is 2.28. The van der Waals surface area contributed by atoms with Gasteiger partial charge in [-0.1, -0.05) is 18.9 Å². The molecule has 0 spiro atoms. The van der Waals surface area contributed by atoms with E-state index in [1.165, 1.54) is 12.1 Å². The number of hydrogen-bond acceptors (Lipinski definition) is 2. The van der Waals surface area contributed by atoms with Crippen LogP contribution in [0.4, 0.5) is 4.39 Å². The van der Waals surface area contributed by atoms with Crippen molar-refractivity contribution in [3.63, 3.8) is 0 Å². The summed E-state index contributed by atoms with van der Waals surface area (Å²) in [6, 6.07) is 3.68. The van der Waals surface area contributed by atoms with Crippen LogP contribution in [-0.2, 0) is 10.0 Å². The summed E-state index contributed by atoms with van der Waals surface area (Å²) in [5.74, 6) is 1.70. The van der Waals surface area contributed by atoms with Crippen molar-refractivity contribution in [3.05, 3.63) is 29.6 Å². The highest BCUT2D eigenvalue weighted by atomic mass is 32.2. The zero-order chi connectivity index (χ0) is 13.1. The molecule has 0 amide bonds. The van der Waals surface area contributed by atoms with Crippen LogP contribution in [0.3, 0.4) is 0 Å². The van der Waals surface area contributed by atoms with Crippen LogP contribution in [-0.4, -0.2) is 25.8 Å². The van der Waals surface area contributed by atoms with Crippen LogP contribution in [0.1, 0.15) is 12.5 Å². The molecule has 17 heavy (non-hydrogen) atoms. The summed E-state index contributed by atoms with van der Waals surface area (Å²) < 4.78 is 38.6. The van der Waals surface area contributed by atoms with Gasteiger partial charge in [-0.2, -0.15) is 4.31 Å². The van der Waals surface area contributed by atoms with Gasteiger partial charge in [-0.25, -0.2) is 12.8 Å². The monoisotopic (exact) mass is 255 g/mol. The highest BCUT2D eigenvalue weighted by Gasteiger charge is 2.24. The Kier molecular flexibility index (Phi) is 4.27. The van der Waals surface area contributed by atoms with Gasteiger partial charge < -0.3 is 0 Å². The maximum Gasteiger partial charge on any atom is 0.244 e. The van der Waals surface area contributed by atoms with E-state index in [-0.39, 0.29) is 18.0 Å². The van der Waals surface area contributed by atoms with Crippen molar-refractivity contribution in [1.82, 2.24) is 4.31 Å². The Balaban J connectivity index is 3.30. The van der Waals surface area contributed by atoms with Crippen molar-refractivity contribution in [2.45, 2.75) is 18.7 Å². The zero-order valence-electron chi connectivity index (χ0n) is 9.77. The Morgan fingerprint density at radius 2 is 2.12 bits per heavy atom. The molecule has 0 saturated heterocycles. The smallest absolute Gasteiger partial charge is 0.207 e. The third-order valence-corrected chi connectivity index (χ3v) is 4.45. The summed E-state index contributed by atoms with van der Waals surface area (Å²) >= 11 is 0. The lowest BCUT2D eigenvalue weighted by atomic mass is 10.2. The van der Waals surface area contributed by atoms with Gasteiger partial charge in [-0.15, -0.1) is 6.42 Å². The molecule has 0 heterocycles. The van der Waals surface area contributed by atoms with Gasteiger partial charge in [0.15, 0.2) is 0 Å². The first-order chi connectivity index (χ1) is 7.93. The number of hydrogen-bond donors (Lipinski definition) is 0. The molecule has 0 fully saturated rings. The van der Waals surface area contributed by atoms with Gasteiger partial charge in [0.1, 0.15) is 5.82 Å². The number of halogens is 1. The highest BCUT2D eigenvalue weighted by molar-refractivity contribution is 7.89. The van der Waals surface area contributed by atoms with Crippen LogP contribution in [0, 0.1) is 25.1 Å². The normalized spacial score (nSPS) is 11.5. The van der Waals surface area contributed by atoms with E-state index in [0.717, 1.165) is 10.4 Å². The van der Waals surface area contributed by atoms with Crippen LogP contribution in [0.2, 0.25) is 0 Å². The lowest BCUT2D eigenvalue weighted by molar-refractivity contribution is 0.463. The standard InChI is InChI=1S/C12H14FNO2S/c1-4-8-14(5-2)17(15,16)12-9-11(13)7-6-10(12)3/h1,6-7,9H,5,8H2,2-3H3. The molecule has 0 unspecified atom stereocenters. The number of aryl methyl sites for hydroxylation is 1. The molecule has 0 aliphatic heterocycles. The van der Waals surface area contributed by atoms with Crippen molar-refractivity contribution >= 4 is 10.0 Å². The summed E-state index contributed by atoms with van der Waals surface area (Å²) in [5.41, 5.74) is 0.502. The molecule has 0 aliphatic carbocycles. The van der Waals surface area contributed by atoms with Gasteiger partial charge in [-0.05, 0) is 24.6 Å². The SMILES string of the molecule is C#CCN(CC)S(=O)(=O)c1cc(F)ccc1C. The van der Waals surface area contributed by atoms with Gasteiger partial charge in [0, 0.05) is 6.54 Å². The van der Waals surface area contributed by atoms with Crippen molar-refractivity contribution in [1.29, 1.82) is 0 Å². The molecular formula is C12H14FNO2S. The van der Waals surface area contributed by atoms with Crippen LogP contribution >= 0.6 is 0 Å². The Morgan fingerprint density at radius 3 is 2.65 bits per heavy atom. The molecule has 0 aliphatic rings. The van der Waals surface area contributed by atoms with Crippen molar-refractivity contribution in [2.75, 3.05) is 13.1 Å². The molecule has 0 aromatic heterocycles. The van der Waals surface area contributed by atoms with Crippen LogP contribution in [0.5, 0.6) is 0 Å². The second-order valence-corrected chi connectivity index (χ2v) is 5.45. The molecule has 1 aromatic rings. The molecule has 0 N–H and O–H groups in total. The Hall–Kier alpha value is -1.38. The van der Waals surface area contributed by atoms with Gasteiger partial charge >= 0.3 is 0 Å². The van der Waals surface area contributed by atoms with E-state index >= 15 is 0 Å². The lowest BCUT2D eigenvalue weighted by Gasteiger charge is -2.19. The predicted molar refractivity (Wildman–Crippen MR) is 64.4 cm³/mol. The number of terminal acetylenes is 1. The first-order valence-electron chi connectivity index (χ1n) is 5.13. The first-order valence-corrected chi connectivity index (χ1v) is 6.57. The minimum atomic E-state index is -3.72. The van der Waals surface area contributed by atoms with Crippen LogP contribution in [0.25, 0.3) is 0 Å². The van der Waals surface area contributed by atoms with Crippen molar-refractivity contribution in [2.24, 2.45) is 0 Å². The molecule has 3 nitrogen and oxygen atoms in total. The minimum absolute atomic E-state index is 0.0191. The molecule has 0 bridgehead atoms. The molecular weight excluding hydrogens is 241 g/mol. The quantitative estimate of drug-likeness (QED) is 0.769. The molecule has 92 valence electrons. The number of nitrogens with zero attached hydrogens (tertiary/aromatic N) is 1. The van der Waals surface area contributed by atoms with E-state index < -0.39 is 15.8 Å². The molecule has 0 atom stereocenters. The maximum absolute atomic E-state index is 13.1. The van der Waals surface area contributed by atoms with E-state index in [9.17, 15) is 12.8 Å². The molecule has 0 radical (unpaired) electrons. The molecule has 5 heteroatoms. The average molecular weight is 255 g/mol. The Morgan fingerprint density at radius 1 is 1.47 bits per heavy atom. The summed E-state index contributed by atoms with van der Waals surface area (Å²) in [6.07, 6.45) is 5.12. The van der Waals surface area contributed by atoms with Crippen LogP contribution < -0.4 is 0 Å². The third-order valence-electron chi connectivity index (χ3n) is 2.39. The van der Waals surface area contributed by atoms with E-state index in [1.807, 2.05) is 0 Å². The summed E-state index contributed by atoms with van der Waals surface area (Å²) in [5, 5.41) is 0. The Bertz CT molecular complexity index is 546. The van der Waals surface area contributed by atoms with Gasteiger partial charge in [0.25, 0.3) is 0 Å². The van der Waals surface area contributed by atoms with Crippen molar-refractivity contribution in [3.8, 4) is 12.3 Å². The molecule has 1 rings (SSSR count). The van der Waals surface area contributed by atoms with Crippen LogP contribution in [0.15, 0.2) is 23.1 Å². The fourth-order valence-corrected chi connectivity index (χ4v) is 3.06. The minimum Gasteiger partial charge on any atom is -0.207 e. The van der Waals surface area contributed by atoms with E-state index in [4.69, 9.17) is 6.42 Å². The highest BCUT2D eigenvalue weighted by Crippen LogP contribution is 2.20. The van der Waals surface area contributed by atoms with E-state index in [1.54, 1.807) is 13.8 Å². The second kappa shape index (κ2) is 5.30.